The van der Waals surface area contributed by atoms with Crippen LogP contribution < -0.4 is 9.64 Å². The lowest BCUT2D eigenvalue weighted by Crippen LogP contribution is -2.30. The molecule has 0 amide bonds. The summed E-state index contributed by atoms with van der Waals surface area (Å²) in [5.41, 5.74) is 2.32. The zero-order chi connectivity index (χ0) is 14.5. The number of hydrogen-bond donors (Lipinski definition) is 0. The Hall–Kier alpha value is -1.55. The molecule has 1 heterocycles. The van der Waals surface area contributed by atoms with E-state index in [4.69, 9.17) is 4.74 Å². The average Bonchev–Trinajstić information content (AvgIpc) is 2.47. The summed E-state index contributed by atoms with van der Waals surface area (Å²) in [7, 11) is 3.80. The predicted molar refractivity (Wildman–Crippen MR) is 86.5 cm³/mol. The molecule has 1 atom stereocenters. The van der Waals surface area contributed by atoms with Gasteiger partial charge in [0.2, 0.25) is 0 Å². The second-order valence-corrected chi connectivity index (χ2v) is 5.75. The van der Waals surface area contributed by atoms with Crippen LogP contribution in [0.1, 0.15) is 12.5 Å². The van der Waals surface area contributed by atoms with Crippen molar-refractivity contribution in [3.8, 4) is 5.75 Å². The van der Waals surface area contributed by atoms with E-state index in [1.54, 1.807) is 13.3 Å². The van der Waals surface area contributed by atoms with E-state index in [9.17, 15) is 0 Å². The summed E-state index contributed by atoms with van der Waals surface area (Å²) in [6, 6.07) is 10.6. The molecule has 1 unspecified atom stereocenters. The number of ether oxygens (including phenoxy) is 1. The molecule has 0 N–H and O–H groups in total. The minimum absolute atomic E-state index is 0.349. The van der Waals surface area contributed by atoms with Crippen molar-refractivity contribution in [2.24, 2.45) is 0 Å². The van der Waals surface area contributed by atoms with Crippen LogP contribution in [0.5, 0.6) is 5.75 Å². The third-order valence-electron chi connectivity index (χ3n) is 3.47. The van der Waals surface area contributed by atoms with Crippen LogP contribution in [0, 0.1) is 0 Å². The molecule has 3 nitrogen and oxygen atoms in total. The first-order valence-electron chi connectivity index (χ1n) is 6.57. The van der Waals surface area contributed by atoms with Gasteiger partial charge < -0.3 is 9.64 Å². The molecule has 2 rings (SSSR count). The fourth-order valence-electron chi connectivity index (χ4n) is 2.17. The minimum Gasteiger partial charge on any atom is -0.496 e. The first-order valence-corrected chi connectivity index (χ1v) is 7.36. The predicted octanol–water partition coefficient (Wildman–Crippen LogP) is 3.92. The third-order valence-corrected chi connectivity index (χ3v) is 3.90. The molecule has 20 heavy (non-hydrogen) atoms. The van der Waals surface area contributed by atoms with E-state index in [-0.39, 0.29) is 0 Å². The SMILES string of the molecule is COc1ccccc1CC(C)N(C)c1cncc(Br)c1. The largest absolute Gasteiger partial charge is 0.496 e. The zero-order valence-corrected chi connectivity index (χ0v) is 13.6. The molecule has 0 aliphatic rings. The van der Waals surface area contributed by atoms with E-state index in [1.165, 1.54) is 5.56 Å². The van der Waals surface area contributed by atoms with Gasteiger partial charge >= 0.3 is 0 Å². The Bertz CT molecular complexity index is 574. The summed E-state index contributed by atoms with van der Waals surface area (Å²) in [6.07, 6.45) is 4.60. The molecule has 1 aromatic heterocycles. The molecule has 2 aromatic rings. The maximum atomic E-state index is 5.41. The van der Waals surface area contributed by atoms with Crippen molar-refractivity contribution in [3.05, 3.63) is 52.8 Å². The van der Waals surface area contributed by atoms with Crippen molar-refractivity contribution in [2.45, 2.75) is 19.4 Å². The Kier molecular flexibility index (Phi) is 5.01. The monoisotopic (exact) mass is 334 g/mol. The van der Waals surface area contributed by atoms with Gasteiger partial charge in [-0.1, -0.05) is 18.2 Å². The van der Waals surface area contributed by atoms with E-state index < -0.39 is 0 Å². The highest BCUT2D eigenvalue weighted by Gasteiger charge is 2.13. The smallest absolute Gasteiger partial charge is 0.122 e. The van der Waals surface area contributed by atoms with Crippen LogP contribution >= 0.6 is 15.9 Å². The van der Waals surface area contributed by atoms with Gasteiger partial charge in [0.05, 0.1) is 19.0 Å². The van der Waals surface area contributed by atoms with Crippen LogP contribution in [0.15, 0.2) is 47.2 Å². The van der Waals surface area contributed by atoms with Gasteiger partial charge in [-0.05, 0) is 47.0 Å². The van der Waals surface area contributed by atoms with Crippen molar-refractivity contribution >= 4 is 21.6 Å². The lowest BCUT2D eigenvalue weighted by molar-refractivity contribution is 0.408. The van der Waals surface area contributed by atoms with Gasteiger partial charge in [0.15, 0.2) is 0 Å². The number of pyridine rings is 1. The molecule has 0 aliphatic heterocycles. The number of likely N-dealkylation sites (N-methyl/N-ethyl adjacent to an activating group) is 1. The van der Waals surface area contributed by atoms with Crippen LogP contribution in [-0.4, -0.2) is 25.2 Å². The second kappa shape index (κ2) is 6.75. The van der Waals surface area contributed by atoms with E-state index in [0.717, 1.165) is 22.3 Å². The first-order chi connectivity index (χ1) is 9.61. The number of aromatic nitrogens is 1. The van der Waals surface area contributed by atoms with Gasteiger partial charge in [0, 0.05) is 23.8 Å². The van der Waals surface area contributed by atoms with Crippen molar-refractivity contribution < 1.29 is 4.74 Å². The number of benzene rings is 1. The van der Waals surface area contributed by atoms with Crippen molar-refractivity contribution in [2.75, 3.05) is 19.1 Å². The minimum atomic E-state index is 0.349. The van der Waals surface area contributed by atoms with Crippen LogP contribution in [0.2, 0.25) is 0 Å². The standard InChI is InChI=1S/C16H19BrN2O/c1-12(8-13-6-4-5-7-16(13)20-3)19(2)15-9-14(17)10-18-11-15/h4-7,9-12H,8H2,1-3H3. The van der Waals surface area contributed by atoms with Gasteiger partial charge in [0.25, 0.3) is 0 Å². The van der Waals surface area contributed by atoms with Crippen LogP contribution in [0.4, 0.5) is 5.69 Å². The fourth-order valence-corrected chi connectivity index (χ4v) is 2.53. The molecule has 0 radical (unpaired) electrons. The maximum Gasteiger partial charge on any atom is 0.122 e. The number of halogens is 1. The molecule has 0 saturated carbocycles. The lowest BCUT2D eigenvalue weighted by Gasteiger charge is -2.27. The summed E-state index contributed by atoms with van der Waals surface area (Å²) >= 11 is 3.46. The Morgan fingerprint density at radius 1 is 1.30 bits per heavy atom. The highest BCUT2D eigenvalue weighted by atomic mass is 79.9. The van der Waals surface area contributed by atoms with E-state index in [0.29, 0.717) is 6.04 Å². The molecule has 4 heteroatoms. The molecule has 0 spiro atoms. The highest BCUT2D eigenvalue weighted by molar-refractivity contribution is 9.10. The number of nitrogens with zero attached hydrogens (tertiary/aromatic N) is 2. The van der Waals surface area contributed by atoms with E-state index >= 15 is 0 Å². The lowest BCUT2D eigenvalue weighted by atomic mass is 10.0. The molecule has 0 fully saturated rings. The average molecular weight is 335 g/mol. The number of anilines is 1. The molecular formula is C16H19BrN2O. The van der Waals surface area contributed by atoms with Gasteiger partial charge in [0.1, 0.15) is 5.75 Å². The van der Waals surface area contributed by atoms with Crippen LogP contribution in [-0.2, 0) is 6.42 Å². The molecule has 0 aliphatic carbocycles. The molecular weight excluding hydrogens is 316 g/mol. The highest BCUT2D eigenvalue weighted by Crippen LogP contribution is 2.23. The summed E-state index contributed by atoms with van der Waals surface area (Å²) < 4.78 is 6.40. The zero-order valence-electron chi connectivity index (χ0n) is 12.0. The molecule has 106 valence electrons. The Balaban J connectivity index is 2.13. The Morgan fingerprint density at radius 3 is 2.75 bits per heavy atom. The van der Waals surface area contributed by atoms with Gasteiger partial charge in [-0.2, -0.15) is 0 Å². The maximum absolute atomic E-state index is 5.41. The van der Waals surface area contributed by atoms with Crippen molar-refractivity contribution in [3.63, 3.8) is 0 Å². The normalized spacial score (nSPS) is 12.0. The molecule has 0 saturated heterocycles. The van der Waals surface area contributed by atoms with Gasteiger partial charge in [-0.15, -0.1) is 0 Å². The second-order valence-electron chi connectivity index (χ2n) is 4.84. The van der Waals surface area contributed by atoms with Crippen molar-refractivity contribution in [1.82, 2.24) is 4.98 Å². The third kappa shape index (κ3) is 3.51. The summed E-state index contributed by atoms with van der Waals surface area (Å²) in [5, 5.41) is 0. The van der Waals surface area contributed by atoms with Gasteiger partial charge in [-0.3, -0.25) is 4.98 Å². The first kappa shape index (κ1) is 14.9. The van der Waals surface area contributed by atoms with E-state index in [1.807, 2.05) is 24.4 Å². The van der Waals surface area contributed by atoms with Crippen molar-refractivity contribution in [1.29, 1.82) is 0 Å². The summed E-state index contributed by atoms with van der Waals surface area (Å²) in [5.74, 6) is 0.945. The number of rotatable bonds is 5. The fraction of sp³-hybridized carbons (Fsp3) is 0.312. The topological polar surface area (TPSA) is 25.4 Å². The summed E-state index contributed by atoms with van der Waals surface area (Å²) in [4.78, 5) is 6.44. The molecule has 0 bridgehead atoms. The van der Waals surface area contributed by atoms with Crippen LogP contribution in [0.3, 0.4) is 0 Å². The number of para-hydroxylation sites is 1. The summed E-state index contributed by atoms with van der Waals surface area (Å²) in [6.45, 7) is 2.20. The Labute approximate surface area is 128 Å². The van der Waals surface area contributed by atoms with Crippen LogP contribution in [0.25, 0.3) is 0 Å². The number of hydrogen-bond acceptors (Lipinski definition) is 3. The molecule has 1 aromatic carbocycles. The Morgan fingerprint density at radius 2 is 2.05 bits per heavy atom. The van der Waals surface area contributed by atoms with Gasteiger partial charge in [-0.25, -0.2) is 0 Å². The van der Waals surface area contributed by atoms with E-state index in [2.05, 4.69) is 51.9 Å². The quantitative estimate of drug-likeness (QED) is 0.828. The number of methoxy groups -OCH3 is 1.